The van der Waals surface area contributed by atoms with Gasteiger partial charge >= 0.3 is 6.03 Å². The first-order valence-corrected chi connectivity index (χ1v) is 7.98. The average Bonchev–Trinajstić information content (AvgIpc) is 2.53. The van der Waals surface area contributed by atoms with Crippen molar-refractivity contribution >= 4 is 11.9 Å². The normalized spacial score (nSPS) is 17.1. The second-order valence-corrected chi connectivity index (χ2v) is 6.39. The molecule has 3 amide bonds. The highest BCUT2D eigenvalue weighted by molar-refractivity contribution is 5.78. The van der Waals surface area contributed by atoms with Crippen LogP contribution in [0.1, 0.15) is 38.3 Å². The quantitative estimate of drug-likeness (QED) is 0.893. The van der Waals surface area contributed by atoms with Gasteiger partial charge in [0.05, 0.1) is 6.04 Å². The van der Waals surface area contributed by atoms with Crippen LogP contribution in [-0.4, -0.2) is 29.9 Å². The van der Waals surface area contributed by atoms with E-state index in [0.717, 1.165) is 5.56 Å². The van der Waals surface area contributed by atoms with E-state index in [1.54, 1.807) is 17.0 Å². The molecule has 23 heavy (non-hydrogen) atoms. The molecule has 0 aromatic heterocycles. The molecule has 0 radical (unpaired) electrons. The molecule has 126 valence electrons. The third kappa shape index (κ3) is 4.43. The molecule has 5 nitrogen and oxygen atoms in total. The minimum atomic E-state index is -0.295. The molecule has 1 atom stereocenters. The van der Waals surface area contributed by atoms with Crippen LogP contribution in [-0.2, 0) is 4.79 Å². The molecule has 1 saturated heterocycles. The van der Waals surface area contributed by atoms with Crippen molar-refractivity contribution in [3.05, 3.63) is 35.6 Å². The zero-order valence-electron chi connectivity index (χ0n) is 13.6. The van der Waals surface area contributed by atoms with E-state index >= 15 is 0 Å². The fourth-order valence-corrected chi connectivity index (χ4v) is 2.90. The summed E-state index contributed by atoms with van der Waals surface area (Å²) in [6.07, 6.45) is 1.21. The number of nitrogens with two attached hydrogens (primary N) is 1. The molecule has 1 fully saturated rings. The maximum atomic E-state index is 13.1. The number of primary amides is 1. The van der Waals surface area contributed by atoms with E-state index in [2.05, 4.69) is 5.32 Å². The van der Waals surface area contributed by atoms with Crippen molar-refractivity contribution in [1.82, 2.24) is 10.2 Å². The highest BCUT2D eigenvalue weighted by atomic mass is 19.1. The number of hydrogen-bond acceptors (Lipinski definition) is 2. The number of nitrogens with one attached hydrogen (secondary N) is 1. The lowest BCUT2D eigenvalue weighted by molar-refractivity contribution is -0.123. The Hall–Kier alpha value is -2.11. The van der Waals surface area contributed by atoms with Gasteiger partial charge in [0.2, 0.25) is 5.91 Å². The Labute approximate surface area is 136 Å². The number of urea groups is 1. The Bertz CT molecular complexity index is 551. The minimum Gasteiger partial charge on any atom is -0.369 e. The van der Waals surface area contributed by atoms with Gasteiger partial charge in [0.25, 0.3) is 0 Å². The summed E-state index contributed by atoms with van der Waals surface area (Å²) in [4.78, 5) is 25.3. The van der Waals surface area contributed by atoms with E-state index in [9.17, 15) is 14.0 Å². The number of halogens is 1. The fourth-order valence-electron chi connectivity index (χ4n) is 2.90. The van der Waals surface area contributed by atoms with Crippen molar-refractivity contribution in [3.63, 3.8) is 0 Å². The van der Waals surface area contributed by atoms with E-state index in [1.807, 2.05) is 13.8 Å². The summed E-state index contributed by atoms with van der Waals surface area (Å²) in [5, 5.41) is 3.01. The van der Waals surface area contributed by atoms with E-state index in [-0.39, 0.29) is 35.6 Å². The van der Waals surface area contributed by atoms with Gasteiger partial charge in [0, 0.05) is 19.0 Å². The third-order valence-corrected chi connectivity index (χ3v) is 4.36. The SMILES string of the molecule is CC(C)C(NC(=O)N1CCC(C(N)=O)CC1)c1ccc(F)cc1. The molecular formula is C17H24FN3O2. The lowest BCUT2D eigenvalue weighted by Gasteiger charge is -2.33. The summed E-state index contributed by atoms with van der Waals surface area (Å²) in [7, 11) is 0. The fraction of sp³-hybridized carbons (Fsp3) is 0.529. The van der Waals surface area contributed by atoms with Crippen molar-refractivity contribution in [3.8, 4) is 0 Å². The topological polar surface area (TPSA) is 75.4 Å². The van der Waals surface area contributed by atoms with Gasteiger partial charge in [0.1, 0.15) is 5.82 Å². The highest BCUT2D eigenvalue weighted by Gasteiger charge is 2.27. The predicted molar refractivity (Wildman–Crippen MR) is 86.0 cm³/mol. The van der Waals surface area contributed by atoms with Crippen LogP contribution in [0.4, 0.5) is 9.18 Å². The molecule has 6 heteroatoms. The van der Waals surface area contributed by atoms with Crippen LogP contribution in [0.2, 0.25) is 0 Å². The Morgan fingerprint density at radius 2 is 1.78 bits per heavy atom. The Morgan fingerprint density at radius 1 is 1.22 bits per heavy atom. The summed E-state index contributed by atoms with van der Waals surface area (Å²) >= 11 is 0. The summed E-state index contributed by atoms with van der Waals surface area (Å²) in [5.41, 5.74) is 6.19. The third-order valence-electron chi connectivity index (χ3n) is 4.36. The molecule has 0 bridgehead atoms. The van der Waals surface area contributed by atoms with E-state index in [1.165, 1.54) is 12.1 Å². The standard InChI is InChI=1S/C17H24FN3O2/c1-11(2)15(12-3-5-14(18)6-4-12)20-17(23)21-9-7-13(8-10-21)16(19)22/h3-6,11,13,15H,7-10H2,1-2H3,(H2,19,22)(H,20,23). The second kappa shape index (κ2) is 7.44. The van der Waals surface area contributed by atoms with Crippen LogP contribution < -0.4 is 11.1 Å². The van der Waals surface area contributed by atoms with Gasteiger partial charge in [-0.2, -0.15) is 0 Å². The molecule has 0 aliphatic carbocycles. The van der Waals surface area contributed by atoms with Crippen molar-refractivity contribution in [1.29, 1.82) is 0 Å². The van der Waals surface area contributed by atoms with Gasteiger partial charge in [-0.15, -0.1) is 0 Å². The van der Waals surface area contributed by atoms with Crippen molar-refractivity contribution in [2.75, 3.05) is 13.1 Å². The van der Waals surface area contributed by atoms with E-state index in [0.29, 0.717) is 25.9 Å². The van der Waals surface area contributed by atoms with Crippen LogP contribution in [0.15, 0.2) is 24.3 Å². The first-order valence-electron chi connectivity index (χ1n) is 7.98. The number of carbonyl (C=O) groups excluding carboxylic acids is 2. The molecule has 0 spiro atoms. The number of amides is 3. The zero-order chi connectivity index (χ0) is 17.0. The maximum absolute atomic E-state index is 13.1. The van der Waals surface area contributed by atoms with Crippen molar-refractivity contribution in [2.45, 2.75) is 32.7 Å². The number of piperidine rings is 1. The van der Waals surface area contributed by atoms with Gasteiger partial charge in [-0.05, 0) is 36.5 Å². The number of benzene rings is 1. The monoisotopic (exact) mass is 321 g/mol. The number of hydrogen-bond donors (Lipinski definition) is 2. The lowest BCUT2D eigenvalue weighted by Crippen LogP contribution is -2.47. The molecule has 2 rings (SSSR count). The zero-order valence-corrected chi connectivity index (χ0v) is 13.6. The molecule has 3 N–H and O–H groups in total. The van der Waals surface area contributed by atoms with Crippen LogP contribution in [0.5, 0.6) is 0 Å². The lowest BCUT2D eigenvalue weighted by atomic mass is 9.95. The number of rotatable bonds is 4. The summed E-state index contributed by atoms with van der Waals surface area (Å²) in [6, 6.07) is 5.84. The molecule has 1 aliphatic rings. The smallest absolute Gasteiger partial charge is 0.317 e. The Balaban J connectivity index is 1.99. The first kappa shape index (κ1) is 17.2. The van der Waals surface area contributed by atoms with Gasteiger partial charge in [-0.1, -0.05) is 26.0 Å². The Kier molecular flexibility index (Phi) is 5.58. The second-order valence-electron chi connectivity index (χ2n) is 6.39. The van der Waals surface area contributed by atoms with E-state index in [4.69, 9.17) is 5.73 Å². The number of likely N-dealkylation sites (tertiary alicyclic amines) is 1. The number of carbonyl (C=O) groups is 2. The van der Waals surface area contributed by atoms with Crippen LogP contribution in [0, 0.1) is 17.7 Å². The van der Waals surface area contributed by atoms with Gasteiger partial charge in [-0.25, -0.2) is 9.18 Å². The molecule has 1 aliphatic heterocycles. The predicted octanol–water partition coefficient (Wildman–Crippen LogP) is 2.43. The van der Waals surface area contributed by atoms with E-state index < -0.39 is 0 Å². The van der Waals surface area contributed by atoms with Gasteiger partial charge in [0.15, 0.2) is 0 Å². The molecule has 1 aromatic carbocycles. The number of nitrogens with zero attached hydrogens (tertiary/aromatic N) is 1. The first-order chi connectivity index (χ1) is 10.9. The summed E-state index contributed by atoms with van der Waals surface area (Å²) in [6.45, 7) is 5.06. The van der Waals surface area contributed by atoms with Crippen LogP contribution in [0.25, 0.3) is 0 Å². The van der Waals surface area contributed by atoms with Crippen molar-refractivity contribution in [2.24, 2.45) is 17.6 Å². The molecule has 0 saturated carbocycles. The minimum absolute atomic E-state index is 0.142. The van der Waals surface area contributed by atoms with Gasteiger partial charge < -0.3 is 16.0 Å². The molecule has 1 aromatic rings. The summed E-state index contributed by atoms with van der Waals surface area (Å²) in [5.74, 6) is -0.558. The van der Waals surface area contributed by atoms with Crippen molar-refractivity contribution < 1.29 is 14.0 Å². The largest absolute Gasteiger partial charge is 0.369 e. The Morgan fingerprint density at radius 3 is 2.26 bits per heavy atom. The van der Waals surface area contributed by atoms with Gasteiger partial charge in [-0.3, -0.25) is 4.79 Å². The highest BCUT2D eigenvalue weighted by Crippen LogP contribution is 2.23. The molecular weight excluding hydrogens is 297 g/mol. The maximum Gasteiger partial charge on any atom is 0.317 e. The molecule has 1 unspecified atom stereocenters. The van der Waals surface area contributed by atoms with Crippen LogP contribution >= 0.6 is 0 Å². The molecule has 1 heterocycles. The van der Waals surface area contributed by atoms with Crippen LogP contribution in [0.3, 0.4) is 0 Å². The average molecular weight is 321 g/mol. The summed E-state index contributed by atoms with van der Waals surface area (Å²) < 4.78 is 13.1.